The molecule has 0 aromatic carbocycles. The Bertz CT molecular complexity index is 300. The predicted molar refractivity (Wildman–Crippen MR) is 72.5 cm³/mol. The fourth-order valence-corrected chi connectivity index (χ4v) is 10.6. The highest BCUT2D eigenvalue weighted by atomic mass is 35.9. The second kappa shape index (κ2) is 5.96. The minimum atomic E-state index is -3.61. The number of nitrogens with zero attached hydrogens (tertiary/aromatic N) is 2. The number of hydrogen-bond donors (Lipinski definition) is 0. The molecule has 0 saturated heterocycles. The number of rotatable bonds is 4. The molecule has 0 saturated carbocycles. The summed E-state index contributed by atoms with van der Waals surface area (Å²) in [5.41, 5.74) is 0. The first-order valence-corrected chi connectivity index (χ1v) is 11.3. The zero-order valence-corrected chi connectivity index (χ0v) is 13.7. The Balaban J connectivity index is 5.31. The topological polar surface area (TPSA) is 32.7 Å². The summed E-state index contributed by atoms with van der Waals surface area (Å²) >= 11 is 22.9. The van der Waals surface area contributed by atoms with Gasteiger partial charge in [-0.1, -0.05) is 0 Å². The van der Waals surface area contributed by atoms with E-state index >= 15 is 0 Å². The van der Waals surface area contributed by atoms with Crippen molar-refractivity contribution < 1.29 is 4.57 Å². The molecule has 0 heterocycles. The van der Waals surface area contributed by atoms with E-state index in [-0.39, 0.29) is 12.1 Å². The minimum absolute atomic E-state index is 0.0666. The van der Waals surface area contributed by atoms with Crippen LogP contribution in [0.5, 0.6) is 0 Å². The third-order valence-corrected chi connectivity index (χ3v) is 8.20. The van der Waals surface area contributed by atoms with Crippen LogP contribution in [-0.2, 0) is 4.57 Å². The quantitative estimate of drug-likeness (QED) is 0.581. The molecule has 0 unspecified atom stereocenters. The maximum atomic E-state index is 11.2. The van der Waals surface area contributed by atoms with Crippen molar-refractivity contribution in [2.75, 3.05) is 0 Å². The highest BCUT2D eigenvalue weighted by Gasteiger charge is 2.31. The zero-order valence-electron chi connectivity index (χ0n) is 8.86. The van der Waals surface area contributed by atoms with Crippen LogP contribution in [0.4, 0.5) is 0 Å². The van der Waals surface area contributed by atoms with Gasteiger partial charge in [-0.15, -0.1) is 0 Å². The van der Waals surface area contributed by atoms with Crippen molar-refractivity contribution in [3.63, 3.8) is 0 Å². The first-order valence-electron chi connectivity index (χ1n) is 4.28. The lowest BCUT2D eigenvalue weighted by Gasteiger charge is -2.33. The number of halogens is 4. The largest absolute Gasteiger partial charge is 0.365 e. The van der Waals surface area contributed by atoms with Crippen LogP contribution in [-0.4, -0.2) is 16.8 Å². The third-order valence-electron chi connectivity index (χ3n) is 1.55. The van der Waals surface area contributed by atoms with Crippen molar-refractivity contribution in [2.45, 2.75) is 39.8 Å². The van der Waals surface area contributed by atoms with Gasteiger partial charge in [-0.25, -0.2) is 4.67 Å². The molecule has 0 radical (unpaired) electrons. The summed E-state index contributed by atoms with van der Waals surface area (Å²) in [6.07, 6.45) is 0. The van der Waals surface area contributed by atoms with Crippen LogP contribution >= 0.6 is 56.9 Å². The van der Waals surface area contributed by atoms with Gasteiger partial charge in [0, 0.05) is 12.1 Å². The third kappa shape index (κ3) is 6.17. The Morgan fingerprint density at radius 1 is 1.00 bits per heavy atom. The van der Waals surface area contributed by atoms with E-state index in [1.807, 2.05) is 27.7 Å². The van der Waals surface area contributed by atoms with Gasteiger partial charge in [0.05, 0.1) is 0 Å². The Hall–Kier alpha value is 1.58. The van der Waals surface area contributed by atoms with E-state index in [9.17, 15) is 4.57 Å². The average molecular weight is 334 g/mol. The smallest absolute Gasteiger partial charge is 0.262 e. The molecule has 0 aromatic rings. The molecular weight excluding hydrogens is 320 g/mol. The maximum absolute atomic E-state index is 11.2. The van der Waals surface area contributed by atoms with Gasteiger partial charge in [0.2, 0.25) is 5.91 Å². The maximum Gasteiger partial charge on any atom is 0.365 e. The molecule has 0 rings (SSSR count). The molecule has 0 amide bonds. The van der Waals surface area contributed by atoms with E-state index in [1.165, 1.54) is 0 Å². The molecule has 15 heavy (non-hydrogen) atoms. The van der Waals surface area contributed by atoms with Crippen molar-refractivity contribution >= 4 is 56.9 Å². The zero-order chi connectivity index (χ0) is 12.4. The predicted octanol–water partition coefficient (Wildman–Crippen LogP) is 6.11. The van der Waals surface area contributed by atoms with Crippen molar-refractivity contribution in [3.8, 4) is 0 Å². The summed E-state index contributed by atoms with van der Waals surface area (Å²) in [4.78, 5) is 0. The summed E-state index contributed by atoms with van der Waals surface area (Å²) in [6.45, 7) is 7.68. The first kappa shape index (κ1) is 16.6. The lowest BCUT2D eigenvalue weighted by molar-refractivity contribution is 0.327. The molecule has 0 N–H and O–H groups in total. The Kier molecular flexibility index (Phi) is 6.58. The molecule has 0 fully saturated rings. The van der Waals surface area contributed by atoms with Crippen LogP contribution in [0.15, 0.2) is 4.52 Å². The molecule has 0 aliphatic heterocycles. The Morgan fingerprint density at radius 2 is 1.33 bits per heavy atom. The van der Waals surface area contributed by atoms with Crippen LogP contribution in [0, 0.1) is 0 Å². The van der Waals surface area contributed by atoms with Crippen LogP contribution in [0.2, 0.25) is 0 Å². The first-order chi connectivity index (χ1) is 6.47. The summed E-state index contributed by atoms with van der Waals surface area (Å²) in [5.74, 6) is -6.52. The van der Waals surface area contributed by atoms with Crippen LogP contribution in [0.3, 0.4) is 0 Å². The summed E-state index contributed by atoms with van der Waals surface area (Å²) < 4.78 is 16.6. The van der Waals surface area contributed by atoms with E-state index in [1.54, 1.807) is 4.67 Å². The lowest BCUT2D eigenvalue weighted by Crippen LogP contribution is -2.31. The molecule has 9 heteroatoms. The second-order valence-electron chi connectivity index (χ2n) is 3.55. The average Bonchev–Trinajstić information content (AvgIpc) is 1.74. The van der Waals surface area contributed by atoms with Crippen LogP contribution < -0.4 is 0 Å². The summed E-state index contributed by atoms with van der Waals surface area (Å²) in [6, 6.07) is 0.133. The second-order valence-corrected chi connectivity index (χ2v) is 13.1. The summed E-state index contributed by atoms with van der Waals surface area (Å²) in [7, 11) is 0. The molecule has 92 valence electrons. The van der Waals surface area contributed by atoms with Crippen molar-refractivity contribution in [1.82, 2.24) is 4.67 Å². The summed E-state index contributed by atoms with van der Waals surface area (Å²) in [5, 5.41) is 0. The lowest BCUT2D eigenvalue weighted by atomic mass is 10.3. The Morgan fingerprint density at radius 3 is 1.53 bits per heavy atom. The monoisotopic (exact) mass is 332 g/mol. The molecule has 0 aliphatic carbocycles. The highest BCUT2D eigenvalue weighted by Crippen LogP contribution is 2.74. The van der Waals surface area contributed by atoms with Gasteiger partial charge < -0.3 is 0 Å². The molecule has 0 atom stereocenters. The minimum Gasteiger partial charge on any atom is -0.262 e. The molecule has 0 bridgehead atoms. The fourth-order valence-electron chi connectivity index (χ4n) is 1.32. The van der Waals surface area contributed by atoms with E-state index in [0.717, 1.165) is 0 Å². The fraction of sp³-hybridized carbons (Fsp3) is 1.00. The van der Waals surface area contributed by atoms with Gasteiger partial charge in [-0.05, 0) is 72.7 Å². The van der Waals surface area contributed by atoms with Gasteiger partial charge in [-0.2, -0.15) is 4.52 Å². The SMILES string of the molecule is CC(C)N(C(C)C)P(Cl)(Cl)=NP(=O)(Cl)Cl. The van der Waals surface area contributed by atoms with Gasteiger partial charge in [0.25, 0.3) is 0 Å². The number of hydrogen-bond acceptors (Lipinski definition) is 1. The Labute approximate surface area is 110 Å². The van der Waals surface area contributed by atoms with Gasteiger partial charge in [0.15, 0.2) is 0 Å². The normalized spacial score (nSPS) is 14.1. The van der Waals surface area contributed by atoms with E-state index in [4.69, 9.17) is 45.0 Å². The molecular formula is C6H14Cl4N2OP2. The molecule has 3 nitrogen and oxygen atoms in total. The van der Waals surface area contributed by atoms with E-state index < -0.39 is 11.9 Å². The van der Waals surface area contributed by atoms with Gasteiger partial charge in [0.1, 0.15) is 0 Å². The molecule has 0 aromatic heterocycles. The van der Waals surface area contributed by atoms with Gasteiger partial charge in [-0.3, -0.25) is 4.57 Å². The van der Waals surface area contributed by atoms with Crippen molar-refractivity contribution in [2.24, 2.45) is 4.52 Å². The van der Waals surface area contributed by atoms with Crippen molar-refractivity contribution in [3.05, 3.63) is 0 Å². The molecule has 0 spiro atoms. The molecule has 0 aliphatic rings. The highest BCUT2D eigenvalue weighted by molar-refractivity contribution is 8.16. The standard InChI is InChI=1S/C6H14Cl4N2OP2/c1-5(2)12(6(3)4)14(7,8)11-15(9,10)13/h5-6H,1-4H3. The van der Waals surface area contributed by atoms with E-state index in [0.29, 0.717) is 0 Å². The van der Waals surface area contributed by atoms with Crippen LogP contribution in [0.25, 0.3) is 0 Å². The van der Waals surface area contributed by atoms with Crippen molar-refractivity contribution in [1.29, 1.82) is 0 Å². The van der Waals surface area contributed by atoms with E-state index in [2.05, 4.69) is 4.52 Å². The van der Waals surface area contributed by atoms with Gasteiger partial charge >= 0.3 is 6.00 Å². The van der Waals surface area contributed by atoms with Crippen LogP contribution in [0.1, 0.15) is 27.7 Å².